The lowest BCUT2D eigenvalue weighted by molar-refractivity contribution is 0.154. The van der Waals surface area contributed by atoms with E-state index in [0.717, 1.165) is 13.1 Å². The van der Waals surface area contributed by atoms with Gasteiger partial charge in [-0.15, -0.1) is 0 Å². The van der Waals surface area contributed by atoms with Crippen LogP contribution in [0.5, 0.6) is 0 Å². The Bertz CT molecular complexity index is 751. The van der Waals surface area contributed by atoms with E-state index < -0.39 is 0 Å². The fraction of sp³-hybridized carbons (Fsp3) is 0.533. The Labute approximate surface area is 128 Å². The molecular formula is C15H20N4OS. The van der Waals surface area contributed by atoms with Crippen LogP contribution >= 0.6 is 12.2 Å². The van der Waals surface area contributed by atoms with E-state index in [4.69, 9.17) is 12.2 Å². The molecule has 1 saturated heterocycles. The first kappa shape index (κ1) is 14.4. The van der Waals surface area contributed by atoms with Gasteiger partial charge in [0.25, 0.3) is 5.56 Å². The van der Waals surface area contributed by atoms with E-state index >= 15 is 0 Å². The maximum absolute atomic E-state index is 12.5. The molecule has 0 bridgehead atoms. The topological polar surface area (TPSA) is 53.9 Å². The van der Waals surface area contributed by atoms with Gasteiger partial charge in [0.15, 0.2) is 4.77 Å². The lowest BCUT2D eigenvalue weighted by atomic mass is 10.0. The van der Waals surface area contributed by atoms with Crippen molar-refractivity contribution in [3.8, 4) is 0 Å². The van der Waals surface area contributed by atoms with E-state index in [9.17, 15) is 4.79 Å². The molecule has 6 heteroatoms. The number of aromatic nitrogens is 3. The summed E-state index contributed by atoms with van der Waals surface area (Å²) in [6.07, 6.45) is 5.45. The highest BCUT2D eigenvalue weighted by Gasteiger charge is 2.18. The van der Waals surface area contributed by atoms with Gasteiger partial charge in [-0.3, -0.25) is 14.3 Å². The summed E-state index contributed by atoms with van der Waals surface area (Å²) >= 11 is 5.31. The van der Waals surface area contributed by atoms with Crippen molar-refractivity contribution < 1.29 is 0 Å². The molecule has 0 unspecified atom stereocenters. The van der Waals surface area contributed by atoms with Crippen LogP contribution in [0.1, 0.15) is 26.2 Å². The molecule has 2 aromatic rings. The van der Waals surface area contributed by atoms with E-state index in [1.165, 1.54) is 19.3 Å². The average Bonchev–Trinajstić information content (AvgIpc) is 2.49. The van der Waals surface area contributed by atoms with Crippen LogP contribution in [0.15, 0.2) is 23.1 Å². The summed E-state index contributed by atoms with van der Waals surface area (Å²) in [5, 5.41) is 0.595. The second kappa shape index (κ2) is 6.07. The fourth-order valence-corrected chi connectivity index (χ4v) is 3.28. The second-order valence-corrected chi connectivity index (χ2v) is 6.05. The Morgan fingerprint density at radius 1 is 1.43 bits per heavy atom. The van der Waals surface area contributed by atoms with Gasteiger partial charge in [-0.2, -0.15) is 0 Å². The number of aromatic amines is 1. The Balaban J connectivity index is 1.87. The van der Waals surface area contributed by atoms with Crippen LogP contribution in [0, 0.1) is 4.77 Å². The Hall–Kier alpha value is -1.53. The molecule has 3 heterocycles. The maximum Gasteiger partial charge on any atom is 0.263 e. The molecule has 0 radical (unpaired) electrons. The Kier molecular flexibility index (Phi) is 4.17. The summed E-state index contributed by atoms with van der Waals surface area (Å²) in [5.74, 6) is 0. The summed E-state index contributed by atoms with van der Waals surface area (Å²) in [7, 11) is 0. The number of nitrogens with one attached hydrogen (secondary N) is 1. The molecular weight excluding hydrogens is 284 g/mol. The number of likely N-dealkylation sites (tertiary alicyclic amines) is 1. The molecule has 21 heavy (non-hydrogen) atoms. The lowest BCUT2D eigenvalue weighted by Crippen LogP contribution is -2.40. The van der Waals surface area contributed by atoms with Gasteiger partial charge in [0.1, 0.15) is 5.65 Å². The lowest BCUT2D eigenvalue weighted by Gasteiger charge is -2.33. The van der Waals surface area contributed by atoms with E-state index in [0.29, 0.717) is 28.4 Å². The maximum atomic E-state index is 12.5. The number of piperidine rings is 1. The molecule has 1 aliphatic heterocycles. The number of hydrogen-bond donors (Lipinski definition) is 1. The molecule has 0 amide bonds. The first-order valence-corrected chi connectivity index (χ1v) is 7.89. The first-order chi connectivity index (χ1) is 10.2. The zero-order chi connectivity index (χ0) is 14.8. The van der Waals surface area contributed by atoms with Crippen LogP contribution in [0.2, 0.25) is 0 Å². The van der Waals surface area contributed by atoms with Crippen molar-refractivity contribution in [2.24, 2.45) is 0 Å². The highest BCUT2D eigenvalue weighted by molar-refractivity contribution is 7.71. The smallest absolute Gasteiger partial charge is 0.263 e. The predicted octanol–water partition coefficient (Wildman–Crippen LogP) is 2.33. The van der Waals surface area contributed by atoms with Crippen molar-refractivity contribution in [2.45, 2.75) is 38.8 Å². The van der Waals surface area contributed by atoms with Crippen LogP contribution in [-0.2, 0) is 6.54 Å². The molecule has 112 valence electrons. The van der Waals surface area contributed by atoms with E-state index in [2.05, 4.69) is 21.8 Å². The highest BCUT2D eigenvalue weighted by Crippen LogP contribution is 2.15. The molecule has 5 nitrogen and oxygen atoms in total. The number of rotatable bonds is 3. The van der Waals surface area contributed by atoms with Gasteiger partial charge < -0.3 is 4.98 Å². The fourth-order valence-electron chi connectivity index (χ4n) is 3.01. The number of H-pyrrole nitrogens is 1. The summed E-state index contributed by atoms with van der Waals surface area (Å²) in [6.45, 7) is 4.86. The van der Waals surface area contributed by atoms with Gasteiger partial charge in [-0.05, 0) is 50.7 Å². The number of nitrogens with zero attached hydrogens (tertiary/aromatic N) is 3. The number of pyridine rings is 1. The standard InChI is InChI=1S/C15H20N4OS/c1-11-5-2-3-8-18(11)9-10-19-14(20)12-6-4-7-16-13(12)17-15(19)21/h4,6-7,11H,2-3,5,8-10H2,1H3,(H,16,17,21)/t11-/m1/s1. The summed E-state index contributed by atoms with van der Waals surface area (Å²) in [4.78, 5) is 22.2. The van der Waals surface area contributed by atoms with Crippen LogP contribution in [0.4, 0.5) is 0 Å². The summed E-state index contributed by atoms with van der Waals surface area (Å²) in [6, 6.07) is 4.15. The molecule has 1 atom stereocenters. The molecule has 0 saturated carbocycles. The average molecular weight is 304 g/mol. The van der Waals surface area contributed by atoms with Gasteiger partial charge >= 0.3 is 0 Å². The molecule has 0 aliphatic carbocycles. The summed E-state index contributed by atoms with van der Waals surface area (Å²) in [5.41, 5.74) is 0.515. The van der Waals surface area contributed by atoms with E-state index in [-0.39, 0.29) is 5.56 Å². The minimum atomic E-state index is -0.0495. The molecule has 3 rings (SSSR count). The van der Waals surface area contributed by atoms with Gasteiger partial charge in [0.2, 0.25) is 0 Å². The van der Waals surface area contributed by atoms with Crippen molar-refractivity contribution in [1.29, 1.82) is 0 Å². The monoisotopic (exact) mass is 304 g/mol. The minimum Gasteiger partial charge on any atom is -0.316 e. The molecule has 1 aliphatic rings. The predicted molar refractivity (Wildman–Crippen MR) is 86.1 cm³/mol. The van der Waals surface area contributed by atoms with Crippen LogP contribution < -0.4 is 5.56 Å². The van der Waals surface area contributed by atoms with Gasteiger partial charge in [-0.25, -0.2) is 4.98 Å². The third-order valence-corrected chi connectivity index (χ3v) is 4.63. The van der Waals surface area contributed by atoms with Crippen molar-refractivity contribution in [1.82, 2.24) is 19.4 Å². The van der Waals surface area contributed by atoms with E-state index in [1.807, 2.05) is 0 Å². The Morgan fingerprint density at radius 3 is 3.10 bits per heavy atom. The molecule has 1 fully saturated rings. The Morgan fingerprint density at radius 2 is 2.29 bits per heavy atom. The van der Waals surface area contributed by atoms with Crippen LogP contribution in [0.3, 0.4) is 0 Å². The largest absolute Gasteiger partial charge is 0.316 e. The minimum absolute atomic E-state index is 0.0495. The molecule has 0 spiro atoms. The third kappa shape index (κ3) is 2.91. The van der Waals surface area contributed by atoms with Crippen LogP contribution in [0.25, 0.3) is 11.0 Å². The van der Waals surface area contributed by atoms with Gasteiger partial charge in [0, 0.05) is 25.3 Å². The highest BCUT2D eigenvalue weighted by atomic mass is 32.1. The zero-order valence-electron chi connectivity index (χ0n) is 12.2. The van der Waals surface area contributed by atoms with Crippen molar-refractivity contribution in [2.75, 3.05) is 13.1 Å². The normalized spacial score (nSPS) is 20.0. The summed E-state index contributed by atoms with van der Waals surface area (Å²) < 4.78 is 2.11. The van der Waals surface area contributed by atoms with Crippen molar-refractivity contribution in [3.63, 3.8) is 0 Å². The SMILES string of the molecule is C[C@@H]1CCCCN1CCn1c(=S)[nH]c2ncccc2c1=O. The zero-order valence-corrected chi connectivity index (χ0v) is 13.0. The van der Waals surface area contributed by atoms with Gasteiger partial charge in [0.05, 0.1) is 5.39 Å². The first-order valence-electron chi connectivity index (χ1n) is 7.49. The van der Waals surface area contributed by atoms with Crippen molar-refractivity contribution in [3.05, 3.63) is 33.5 Å². The second-order valence-electron chi connectivity index (χ2n) is 5.67. The van der Waals surface area contributed by atoms with Crippen molar-refractivity contribution >= 4 is 23.3 Å². The van der Waals surface area contributed by atoms with Gasteiger partial charge in [-0.1, -0.05) is 6.42 Å². The quantitative estimate of drug-likeness (QED) is 0.884. The van der Waals surface area contributed by atoms with Crippen LogP contribution in [-0.4, -0.2) is 38.6 Å². The number of fused-ring (bicyclic) bond motifs is 1. The molecule has 2 aromatic heterocycles. The number of hydrogen-bond acceptors (Lipinski definition) is 4. The molecule has 1 N–H and O–H groups in total. The third-order valence-electron chi connectivity index (χ3n) is 4.31. The van der Waals surface area contributed by atoms with E-state index in [1.54, 1.807) is 22.9 Å². The molecule has 0 aromatic carbocycles.